The highest BCUT2D eigenvalue weighted by Gasteiger charge is 2.38. The maximum Gasteiger partial charge on any atom is 0.310 e. The molecule has 3 atom stereocenters. The molecular formula is C25H33N3O5. The molecule has 0 saturated carbocycles. The number of carbonyl (C=O) groups excluding carboxylic acids is 3. The van der Waals surface area contributed by atoms with Crippen LogP contribution in [0.25, 0.3) is 10.9 Å². The zero-order valence-electron chi connectivity index (χ0n) is 19.5. The van der Waals surface area contributed by atoms with Crippen LogP contribution in [0, 0.1) is 11.8 Å². The average Bonchev–Trinajstić information content (AvgIpc) is 3.14. The molecule has 1 aliphatic heterocycles. The molecule has 0 spiro atoms. The predicted octanol–water partition coefficient (Wildman–Crippen LogP) is 2.74. The first-order valence-corrected chi connectivity index (χ1v) is 11.6. The number of cyclic esters (lactones) is 1. The van der Waals surface area contributed by atoms with Gasteiger partial charge in [0, 0.05) is 30.5 Å². The van der Waals surface area contributed by atoms with E-state index in [9.17, 15) is 14.4 Å². The third-order valence-corrected chi connectivity index (χ3v) is 5.78. The van der Waals surface area contributed by atoms with Crippen molar-refractivity contribution >= 4 is 28.7 Å². The number of ether oxygens (including phenoxy) is 2. The van der Waals surface area contributed by atoms with Crippen molar-refractivity contribution in [2.75, 3.05) is 13.2 Å². The molecule has 1 aromatic carbocycles. The fourth-order valence-corrected chi connectivity index (χ4v) is 3.95. The van der Waals surface area contributed by atoms with Gasteiger partial charge in [-0.05, 0) is 36.5 Å². The first-order valence-electron chi connectivity index (χ1n) is 11.6. The summed E-state index contributed by atoms with van der Waals surface area (Å²) >= 11 is 0. The molecule has 0 aliphatic carbocycles. The Morgan fingerprint density at radius 2 is 2.06 bits per heavy atom. The van der Waals surface area contributed by atoms with Gasteiger partial charge < -0.3 is 20.1 Å². The number of amides is 2. The lowest BCUT2D eigenvalue weighted by Crippen LogP contribution is -2.46. The van der Waals surface area contributed by atoms with Crippen LogP contribution in [0.2, 0.25) is 0 Å². The molecule has 33 heavy (non-hydrogen) atoms. The Kier molecular flexibility index (Phi) is 8.77. The van der Waals surface area contributed by atoms with E-state index < -0.39 is 24.2 Å². The molecule has 2 heterocycles. The van der Waals surface area contributed by atoms with Gasteiger partial charge in [-0.25, -0.2) is 0 Å². The molecule has 2 N–H and O–H groups in total. The largest absolute Gasteiger partial charge is 0.433 e. The highest BCUT2D eigenvalue weighted by molar-refractivity contribution is 5.87. The number of nitrogens with zero attached hydrogens (tertiary/aromatic N) is 1. The zero-order chi connectivity index (χ0) is 23.8. The molecule has 1 aromatic heterocycles. The van der Waals surface area contributed by atoms with Crippen LogP contribution >= 0.6 is 0 Å². The number of rotatable bonds is 11. The summed E-state index contributed by atoms with van der Waals surface area (Å²) in [6, 6.07) is 9.33. The Bertz CT molecular complexity index is 972. The Morgan fingerprint density at radius 1 is 1.24 bits per heavy atom. The summed E-state index contributed by atoms with van der Waals surface area (Å²) in [6.07, 6.45) is 2.57. The van der Waals surface area contributed by atoms with Gasteiger partial charge in [-0.15, -0.1) is 0 Å². The molecule has 2 aromatic rings. The van der Waals surface area contributed by atoms with E-state index >= 15 is 0 Å². The Labute approximate surface area is 194 Å². The van der Waals surface area contributed by atoms with Gasteiger partial charge in [0.25, 0.3) is 0 Å². The third-order valence-electron chi connectivity index (χ3n) is 5.78. The van der Waals surface area contributed by atoms with Crippen molar-refractivity contribution in [1.29, 1.82) is 0 Å². The first-order chi connectivity index (χ1) is 15.9. The van der Waals surface area contributed by atoms with Gasteiger partial charge in [-0.1, -0.05) is 39.0 Å². The fraction of sp³-hybridized carbons (Fsp3) is 0.520. The van der Waals surface area contributed by atoms with E-state index in [0.29, 0.717) is 19.6 Å². The number of carbonyl (C=O) groups is 3. The quantitative estimate of drug-likeness (QED) is 0.505. The van der Waals surface area contributed by atoms with Crippen LogP contribution in [-0.4, -0.2) is 48.3 Å². The molecule has 178 valence electrons. The number of aromatic nitrogens is 1. The summed E-state index contributed by atoms with van der Waals surface area (Å²) in [7, 11) is 0. The van der Waals surface area contributed by atoms with Crippen molar-refractivity contribution in [1.82, 2.24) is 15.6 Å². The van der Waals surface area contributed by atoms with Crippen LogP contribution in [0.15, 0.2) is 36.5 Å². The minimum Gasteiger partial charge on any atom is -0.433 e. The monoisotopic (exact) mass is 455 g/mol. The molecular weight excluding hydrogens is 422 g/mol. The molecule has 3 rings (SSSR count). The minimum absolute atomic E-state index is 0.0482. The van der Waals surface area contributed by atoms with E-state index in [4.69, 9.17) is 9.47 Å². The number of hydrogen-bond donors (Lipinski definition) is 2. The lowest BCUT2D eigenvalue weighted by atomic mass is 9.91. The van der Waals surface area contributed by atoms with Gasteiger partial charge in [0.2, 0.25) is 18.1 Å². The average molecular weight is 456 g/mol. The second-order valence-corrected chi connectivity index (χ2v) is 8.69. The Hall–Kier alpha value is -3.00. The van der Waals surface area contributed by atoms with Crippen molar-refractivity contribution in [2.24, 2.45) is 11.8 Å². The maximum absolute atomic E-state index is 12.9. The maximum atomic E-state index is 12.9. The summed E-state index contributed by atoms with van der Waals surface area (Å²) in [5, 5.41) is 6.86. The van der Waals surface area contributed by atoms with Crippen molar-refractivity contribution in [3.63, 3.8) is 0 Å². The highest BCUT2D eigenvalue weighted by atomic mass is 16.7. The van der Waals surface area contributed by atoms with Crippen LogP contribution in [-0.2, 0) is 30.3 Å². The van der Waals surface area contributed by atoms with Crippen LogP contribution in [0.3, 0.4) is 0 Å². The normalized spacial score (nSPS) is 18.8. The van der Waals surface area contributed by atoms with E-state index in [1.165, 1.54) is 0 Å². The summed E-state index contributed by atoms with van der Waals surface area (Å²) in [6.45, 7) is 6.67. The second kappa shape index (κ2) is 11.7. The number of benzene rings is 1. The topological polar surface area (TPSA) is 107 Å². The van der Waals surface area contributed by atoms with Gasteiger partial charge in [-0.3, -0.25) is 19.4 Å². The van der Waals surface area contributed by atoms with Gasteiger partial charge in [-0.2, -0.15) is 0 Å². The van der Waals surface area contributed by atoms with Crippen molar-refractivity contribution in [3.05, 3.63) is 42.1 Å². The number of nitrogens with one attached hydrogen (secondary N) is 2. The van der Waals surface area contributed by atoms with Crippen LogP contribution in [0.5, 0.6) is 0 Å². The third kappa shape index (κ3) is 6.74. The summed E-state index contributed by atoms with van der Waals surface area (Å²) in [4.78, 5) is 41.6. The summed E-state index contributed by atoms with van der Waals surface area (Å²) < 4.78 is 10.7. The van der Waals surface area contributed by atoms with Crippen molar-refractivity contribution < 1.29 is 23.9 Å². The zero-order valence-corrected chi connectivity index (χ0v) is 19.5. The second-order valence-electron chi connectivity index (χ2n) is 8.69. The van der Waals surface area contributed by atoms with E-state index in [0.717, 1.165) is 22.9 Å². The fourth-order valence-electron chi connectivity index (χ4n) is 3.95. The van der Waals surface area contributed by atoms with Gasteiger partial charge in [0.05, 0.1) is 18.5 Å². The van der Waals surface area contributed by atoms with Gasteiger partial charge >= 0.3 is 5.97 Å². The summed E-state index contributed by atoms with van der Waals surface area (Å²) in [5.41, 5.74) is 2.04. The standard InChI is InChI=1S/C25H33N3O5/c1-4-13-32-25-21(15-23(30)33-25)28-24(31)19(16(2)3)14-22(29)27-12-10-17-7-5-9-20-18(17)8-6-11-26-20/h5-9,11,16,19,21,25H,4,10,12-15H2,1-3H3,(H,27,29)(H,28,31)/t19-,21-,25+/m0/s1. The molecule has 1 saturated heterocycles. The molecule has 0 radical (unpaired) electrons. The lowest BCUT2D eigenvalue weighted by molar-refractivity contribution is -0.165. The number of pyridine rings is 1. The van der Waals surface area contributed by atoms with E-state index in [2.05, 4.69) is 15.6 Å². The molecule has 1 aliphatic rings. The first kappa shape index (κ1) is 24.6. The molecule has 0 bridgehead atoms. The summed E-state index contributed by atoms with van der Waals surface area (Å²) in [5.74, 6) is -1.42. The minimum atomic E-state index is -0.779. The highest BCUT2D eigenvalue weighted by Crippen LogP contribution is 2.21. The Morgan fingerprint density at radius 3 is 2.82 bits per heavy atom. The van der Waals surface area contributed by atoms with Crippen molar-refractivity contribution in [2.45, 2.75) is 58.8 Å². The van der Waals surface area contributed by atoms with Crippen LogP contribution < -0.4 is 10.6 Å². The Balaban J connectivity index is 1.52. The molecule has 0 unspecified atom stereocenters. The molecule has 1 fully saturated rings. The van der Waals surface area contributed by atoms with Gasteiger partial charge in [0.15, 0.2) is 0 Å². The predicted molar refractivity (Wildman–Crippen MR) is 124 cm³/mol. The van der Waals surface area contributed by atoms with Crippen LogP contribution in [0.1, 0.15) is 45.6 Å². The smallest absolute Gasteiger partial charge is 0.310 e. The van der Waals surface area contributed by atoms with E-state index in [1.54, 1.807) is 6.20 Å². The van der Waals surface area contributed by atoms with E-state index in [1.807, 2.05) is 51.1 Å². The van der Waals surface area contributed by atoms with Gasteiger partial charge in [0.1, 0.15) is 6.04 Å². The van der Waals surface area contributed by atoms with Crippen LogP contribution in [0.4, 0.5) is 0 Å². The lowest BCUT2D eigenvalue weighted by Gasteiger charge is -2.24. The SMILES string of the molecule is CCCO[C@@H]1OC(=O)C[C@@H]1NC(=O)[C@@H](CC(=O)NCCc1cccc2ncccc12)C(C)C. The molecule has 8 heteroatoms. The molecule has 8 nitrogen and oxygen atoms in total. The number of esters is 1. The molecule has 2 amide bonds. The number of hydrogen-bond acceptors (Lipinski definition) is 6. The van der Waals surface area contributed by atoms with E-state index in [-0.39, 0.29) is 30.6 Å². The number of fused-ring (bicyclic) bond motifs is 1. The van der Waals surface area contributed by atoms with Crippen molar-refractivity contribution in [3.8, 4) is 0 Å².